The zero-order chi connectivity index (χ0) is 25.1. The minimum Gasteiger partial charge on any atom is -0.457 e. The number of para-hydroxylation sites is 1. The van der Waals surface area contributed by atoms with Crippen LogP contribution in [-0.2, 0) is 11.3 Å². The summed E-state index contributed by atoms with van der Waals surface area (Å²) in [4.78, 5) is 30.3. The molecular weight excluding hydrogens is 454 g/mol. The zero-order valence-electron chi connectivity index (χ0n) is 20.0. The highest BCUT2D eigenvalue weighted by Gasteiger charge is 2.15. The Balaban J connectivity index is 1.26. The SMILES string of the molecule is Cc1ccc(-n2ncc3c(=O)n(CCC(=O)Nc4ccc(Oc5ccccc5)cc4)c(C)nc32)cc1. The zero-order valence-corrected chi connectivity index (χ0v) is 20.0. The van der Waals surface area contributed by atoms with E-state index in [1.807, 2.05) is 61.5 Å². The number of hydrogen-bond acceptors (Lipinski definition) is 5. The van der Waals surface area contributed by atoms with Crippen molar-refractivity contribution in [3.05, 3.63) is 107 Å². The number of ether oxygens (including phenoxy) is 1. The highest BCUT2D eigenvalue weighted by Crippen LogP contribution is 2.22. The molecule has 5 aromatic rings. The third kappa shape index (κ3) is 4.88. The lowest BCUT2D eigenvalue weighted by atomic mass is 10.2. The van der Waals surface area contributed by atoms with Gasteiger partial charge in [0.25, 0.3) is 5.56 Å². The summed E-state index contributed by atoms with van der Waals surface area (Å²) in [5, 5.41) is 7.65. The lowest BCUT2D eigenvalue weighted by Gasteiger charge is -2.11. The molecule has 2 heterocycles. The van der Waals surface area contributed by atoms with Crippen molar-refractivity contribution in [1.29, 1.82) is 0 Å². The first kappa shape index (κ1) is 23.0. The molecule has 0 aliphatic rings. The van der Waals surface area contributed by atoms with E-state index in [1.165, 1.54) is 10.8 Å². The molecule has 180 valence electrons. The van der Waals surface area contributed by atoms with Crippen LogP contribution in [0.15, 0.2) is 89.9 Å². The largest absolute Gasteiger partial charge is 0.457 e. The van der Waals surface area contributed by atoms with Crippen LogP contribution in [0.2, 0.25) is 0 Å². The summed E-state index contributed by atoms with van der Waals surface area (Å²) < 4.78 is 8.95. The van der Waals surface area contributed by atoms with Gasteiger partial charge in [-0.3, -0.25) is 14.2 Å². The number of benzene rings is 3. The number of aromatic nitrogens is 4. The molecule has 8 heteroatoms. The summed E-state index contributed by atoms with van der Waals surface area (Å²) in [6.07, 6.45) is 1.65. The Morgan fingerprint density at radius 2 is 1.61 bits per heavy atom. The Labute approximate surface area is 207 Å². The Hall–Kier alpha value is -4.72. The number of nitrogens with zero attached hydrogens (tertiary/aromatic N) is 4. The highest BCUT2D eigenvalue weighted by atomic mass is 16.5. The normalized spacial score (nSPS) is 10.9. The Bertz CT molecular complexity index is 1570. The van der Waals surface area contributed by atoms with Crippen molar-refractivity contribution in [2.75, 3.05) is 5.32 Å². The van der Waals surface area contributed by atoms with E-state index in [1.54, 1.807) is 35.9 Å². The first-order valence-electron chi connectivity index (χ1n) is 11.6. The third-order valence-electron chi connectivity index (χ3n) is 5.84. The van der Waals surface area contributed by atoms with Gasteiger partial charge in [-0.15, -0.1) is 0 Å². The Morgan fingerprint density at radius 1 is 0.917 bits per heavy atom. The van der Waals surface area contributed by atoms with Gasteiger partial charge in [0.05, 0.1) is 11.9 Å². The minimum absolute atomic E-state index is 0.127. The van der Waals surface area contributed by atoms with Crippen molar-refractivity contribution in [3.8, 4) is 17.2 Å². The van der Waals surface area contributed by atoms with Gasteiger partial charge in [-0.1, -0.05) is 35.9 Å². The lowest BCUT2D eigenvalue weighted by Crippen LogP contribution is -2.26. The summed E-state index contributed by atoms with van der Waals surface area (Å²) >= 11 is 0. The summed E-state index contributed by atoms with van der Waals surface area (Å²) in [5.41, 5.74) is 2.90. The van der Waals surface area contributed by atoms with Crippen LogP contribution in [0.1, 0.15) is 17.8 Å². The van der Waals surface area contributed by atoms with E-state index < -0.39 is 0 Å². The summed E-state index contributed by atoms with van der Waals surface area (Å²) in [7, 11) is 0. The summed E-state index contributed by atoms with van der Waals surface area (Å²) in [6.45, 7) is 3.98. The van der Waals surface area contributed by atoms with Gasteiger partial charge in [0.1, 0.15) is 22.7 Å². The molecule has 0 saturated heterocycles. The van der Waals surface area contributed by atoms with Crippen molar-refractivity contribution >= 4 is 22.6 Å². The second-order valence-electron chi connectivity index (χ2n) is 8.48. The monoisotopic (exact) mass is 479 g/mol. The van der Waals surface area contributed by atoms with E-state index in [-0.39, 0.29) is 24.4 Å². The molecule has 0 radical (unpaired) electrons. The van der Waals surface area contributed by atoms with Gasteiger partial charge in [-0.2, -0.15) is 5.10 Å². The average Bonchev–Trinajstić information content (AvgIpc) is 3.30. The molecule has 0 aliphatic heterocycles. The van der Waals surface area contributed by atoms with Crippen molar-refractivity contribution in [2.45, 2.75) is 26.8 Å². The van der Waals surface area contributed by atoms with Crippen LogP contribution in [0.4, 0.5) is 5.69 Å². The molecule has 8 nitrogen and oxygen atoms in total. The molecule has 3 aromatic carbocycles. The molecule has 36 heavy (non-hydrogen) atoms. The van der Waals surface area contributed by atoms with Crippen molar-refractivity contribution in [3.63, 3.8) is 0 Å². The molecular formula is C28H25N5O3. The molecule has 0 unspecified atom stereocenters. The van der Waals surface area contributed by atoms with E-state index in [9.17, 15) is 9.59 Å². The molecule has 0 bridgehead atoms. The molecule has 0 spiro atoms. The van der Waals surface area contributed by atoms with Crippen molar-refractivity contribution in [1.82, 2.24) is 19.3 Å². The van der Waals surface area contributed by atoms with Crippen molar-refractivity contribution in [2.24, 2.45) is 0 Å². The van der Waals surface area contributed by atoms with E-state index in [0.717, 1.165) is 17.0 Å². The molecule has 5 rings (SSSR count). The molecule has 0 fully saturated rings. The maximum absolute atomic E-state index is 13.1. The predicted molar refractivity (Wildman–Crippen MR) is 139 cm³/mol. The summed E-state index contributed by atoms with van der Waals surface area (Å²) in [5.74, 6) is 1.74. The first-order chi connectivity index (χ1) is 17.5. The standard InChI is InChI=1S/C28H25N5O3/c1-19-8-12-22(13-9-19)33-27-25(18-29-33)28(35)32(20(2)30-27)17-16-26(34)31-21-10-14-24(15-11-21)36-23-6-4-3-5-7-23/h3-15,18H,16-17H2,1-2H3,(H,31,34). The smallest absolute Gasteiger partial charge is 0.264 e. The maximum Gasteiger partial charge on any atom is 0.264 e. The van der Waals surface area contributed by atoms with E-state index in [0.29, 0.717) is 28.3 Å². The summed E-state index contributed by atoms with van der Waals surface area (Å²) in [6, 6.07) is 24.5. The second-order valence-corrected chi connectivity index (χ2v) is 8.48. The van der Waals surface area contributed by atoms with Gasteiger partial charge in [0, 0.05) is 18.7 Å². The molecule has 0 atom stereocenters. The Kier molecular flexibility index (Phi) is 6.32. The number of amides is 1. The van der Waals surface area contributed by atoms with Crippen LogP contribution < -0.4 is 15.6 Å². The number of fused-ring (bicyclic) bond motifs is 1. The van der Waals surface area contributed by atoms with E-state index in [2.05, 4.69) is 15.4 Å². The fourth-order valence-corrected chi connectivity index (χ4v) is 3.91. The number of hydrogen-bond donors (Lipinski definition) is 1. The third-order valence-corrected chi connectivity index (χ3v) is 5.84. The van der Waals surface area contributed by atoms with Crippen LogP contribution in [0.5, 0.6) is 11.5 Å². The number of anilines is 1. The van der Waals surface area contributed by atoms with Gasteiger partial charge in [-0.05, 0) is 62.4 Å². The number of rotatable bonds is 7. The second kappa shape index (κ2) is 9.87. The average molecular weight is 480 g/mol. The van der Waals surface area contributed by atoms with Crippen LogP contribution in [0.3, 0.4) is 0 Å². The Morgan fingerprint density at radius 3 is 2.33 bits per heavy atom. The number of aryl methyl sites for hydroxylation is 2. The van der Waals surface area contributed by atoms with Gasteiger partial charge < -0.3 is 10.1 Å². The van der Waals surface area contributed by atoms with Gasteiger partial charge in [-0.25, -0.2) is 9.67 Å². The van der Waals surface area contributed by atoms with E-state index >= 15 is 0 Å². The lowest BCUT2D eigenvalue weighted by molar-refractivity contribution is -0.116. The predicted octanol–water partition coefficient (Wildman–Crippen LogP) is 5.02. The molecule has 1 N–H and O–H groups in total. The van der Waals surface area contributed by atoms with Crippen LogP contribution >= 0.6 is 0 Å². The van der Waals surface area contributed by atoms with Crippen molar-refractivity contribution < 1.29 is 9.53 Å². The molecule has 1 amide bonds. The quantitative estimate of drug-likeness (QED) is 0.354. The fraction of sp³-hybridized carbons (Fsp3) is 0.143. The number of carbonyl (C=O) groups is 1. The minimum atomic E-state index is -0.217. The topological polar surface area (TPSA) is 91.0 Å². The van der Waals surface area contributed by atoms with Crippen LogP contribution in [0.25, 0.3) is 16.7 Å². The molecule has 0 aliphatic carbocycles. The molecule has 2 aromatic heterocycles. The highest BCUT2D eigenvalue weighted by molar-refractivity contribution is 5.90. The van der Waals surface area contributed by atoms with Gasteiger partial charge in [0.2, 0.25) is 5.91 Å². The van der Waals surface area contributed by atoms with Crippen LogP contribution in [0, 0.1) is 13.8 Å². The number of carbonyl (C=O) groups excluding carboxylic acids is 1. The molecule has 0 saturated carbocycles. The van der Waals surface area contributed by atoms with Crippen LogP contribution in [-0.4, -0.2) is 25.2 Å². The first-order valence-corrected chi connectivity index (χ1v) is 11.6. The van der Waals surface area contributed by atoms with Gasteiger partial charge in [0.15, 0.2) is 5.65 Å². The van der Waals surface area contributed by atoms with E-state index in [4.69, 9.17) is 4.74 Å². The van der Waals surface area contributed by atoms with Gasteiger partial charge >= 0.3 is 0 Å². The number of nitrogens with one attached hydrogen (secondary N) is 1. The maximum atomic E-state index is 13.1. The fourth-order valence-electron chi connectivity index (χ4n) is 3.91.